The third-order valence-electron chi connectivity index (χ3n) is 2.20. The van der Waals surface area contributed by atoms with Crippen LogP contribution in [0.2, 0.25) is 0 Å². The number of carbonyl (C=O) groups excluding carboxylic acids is 2. The van der Waals surface area contributed by atoms with Crippen molar-refractivity contribution in [3.8, 4) is 0 Å². The molecule has 0 unspecified atom stereocenters. The lowest BCUT2D eigenvalue weighted by molar-refractivity contribution is -0.124. The number of hydrogen-bond acceptors (Lipinski definition) is 6. The normalized spacial score (nSPS) is 10.2. The van der Waals surface area contributed by atoms with Crippen LogP contribution in [-0.4, -0.2) is 43.9 Å². The van der Waals surface area contributed by atoms with Crippen molar-refractivity contribution in [2.45, 2.75) is 13.8 Å². The fraction of sp³-hybridized carbons (Fsp3) is 0.545. The van der Waals surface area contributed by atoms with Gasteiger partial charge in [-0.1, -0.05) is 5.16 Å². The van der Waals surface area contributed by atoms with Crippen molar-refractivity contribution >= 4 is 11.9 Å². The van der Waals surface area contributed by atoms with Gasteiger partial charge in [-0.05, 0) is 13.8 Å². The molecule has 1 aromatic heterocycles. The van der Waals surface area contributed by atoms with Crippen molar-refractivity contribution in [2.75, 3.05) is 26.9 Å². The standard InChI is InChI=1S/C11H16N2O5/c1-7-10(8(2)18-13-7)11(15)17-6-9(14)12-4-5-16-3/h4-6H2,1-3H3,(H,12,14). The maximum absolute atomic E-state index is 11.7. The van der Waals surface area contributed by atoms with Gasteiger partial charge in [0.05, 0.1) is 12.3 Å². The summed E-state index contributed by atoms with van der Waals surface area (Å²) in [5.74, 6) is -0.627. The molecule has 0 bridgehead atoms. The summed E-state index contributed by atoms with van der Waals surface area (Å²) >= 11 is 0. The van der Waals surface area contributed by atoms with Gasteiger partial charge in [0.2, 0.25) is 0 Å². The van der Waals surface area contributed by atoms with Gasteiger partial charge in [0, 0.05) is 13.7 Å². The molecule has 0 fully saturated rings. The van der Waals surface area contributed by atoms with Gasteiger partial charge in [-0.25, -0.2) is 4.79 Å². The van der Waals surface area contributed by atoms with Gasteiger partial charge in [-0.3, -0.25) is 4.79 Å². The molecule has 1 aromatic rings. The lowest BCUT2D eigenvalue weighted by Crippen LogP contribution is -2.31. The third-order valence-corrected chi connectivity index (χ3v) is 2.20. The highest BCUT2D eigenvalue weighted by Gasteiger charge is 2.19. The Kier molecular flexibility index (Phi) is 5.31. The number of aryl methyl sites for hydroxylation is 2. The minimum absolute atomic E-state index is 0.264. The summed E-state index contributed by atoms with van der Waals surface area (Å²) < 4.78 is 14.4. The first-order valence-corrected chi connectivity index (χ1v) is 5.42. The van der Waals surface area contributed by atoms with E-state index in [0.717, 1.165) is 0 Å². The number of hydrogen-bond donors (Lipinski definition) is 1. The van der Waals surface area contributed by atoms with E-state index < -0.39 is 5.97 Å². The number of carbonyl (C=O) groups is 2. The Bertz CT molecular complexity index is 408. The number of aromatic nitrogens is 1. The molecule has 1 N–H and O–H groups in total. The second-order valence-corrected chi connectivity index (χ2v) is 3.62. The summed E-state index contributed by atoms with van der Waals surface area (Å²) in [5, 5.41) is 6.17. The first-order chi connectivity index (χ1) is 8.56. The van der Waals surface area contributed by atoms with E-state index in [1.807, 2.05) is 0 Å². The van der Waals surface area contributed by atoms with Crippen LogP contribution < -0.4 is 5.32 Å². The van der Waals surface area contributed by atoms with Crippen molar-refractivity contribution in [1.29, 1.82) is 0 Å². The number of rotatable bonds is 6. The molecule has 0 radical (unpaired) electrons. The van der Waals surface area contributed by atoms with Gasteiger partial charge in [0.25, 0.3) is 5.91 Å². The van der Waals surface area contributed by atoms with Crippen LogP contribution in [0.4, 0.5) is 0 Å². The largest absolute Gasteiger partial charge is 0.452 e. The maximum atomic E-state index is 11.7. The van der Waals surface area contributed by atoms with Gasteiger partial charge in [-0.2, -0.15) is 0 Å². The van der Waals surface area contributed by atoms with Crippen LogP contribution in [0.15, 0.2) is 4.52 Å². The first kappa shape index (κ1) is 14.2. The zero-order chi connectivity index (χ0) is 13.5. The highest BCUT2D eigenvalue weighted by molar-refractivity contribution is 5.93. The predicted molar refractivity (Wildman–Crippen MR) is 61.1 cm³/mol. The number of methoxy groups -OCH3 is 1. The summed E-state index contributed by atoms with van der Waals surface area (Å²) in [7, 11) is 1.53. The molecule has 100 valence electrons. The number of nitrogens with one attached hydrogen (secondary N) is 1. The fourth-order valence-electron chi connectivity index (χ4n) is 1.32. The third kappa shape index (κ3) is 3.85. The molecule has 7 nitrogen and oxygen atoms in total. The number of amides is 1. The molecular weight excluding hydrogens is 240 g/mol. The Morgan fingerprint density at radius 2 is 2.11 bits per heavy atom. The Hall–Kier alpha value is -1.89. The zero-order valence-corrected chi connectivity index (χ0v) is 10.6. The monoisotopic (exact) mass is 256 g/mol. The second-order valence-electron chi connectivity index (χ2n) is 3.62. The molecule has 0 saturated carbocycles. The van der Waals surface area contributed by atoms with Crippen LogP contribution >= 0.6 is 0 Å². The van der Waals surface area contributed by atoms with E-state index >= 15 is 0 Å². The van der Waals surface area contributed by atoms with Crippen LogP contribution in [0.25, 0.3) is 0 Å². The van der Waals surface area contributed by atoms with Crippen molar-refractivity contribution in [3.63, 3.8) is 0 Å². The van der Waals surface area contributed by atoms with Gasteiger partial charge >= 0.3 is 5.97 Å². The number of nitrogens with zero attached hydrogens (tertiary/aromatic N) is 1. The molecule has 0 aromatic carbocycles. The summed E-state index contributed by atoms with van der Waals surface area (Å²) in [5.41, 5.74) is 0.706. The molecule has 1 amide bonds. The average molecular weight is 256 g/mol. The van der Waals surface area contributed by atoms with E-state index in [1.54, 1.807) is 13.8 Å². The molecule has 18 heavy (non-hydrogen) atoms. The summed E-state index contributed by atoms with van der Waals surface area (Å²) in [6, 6.07) is 0. The quantitative estimate of drug-likeness (QED) is 0.578. The van der Waals surface area contributed by atoms with Crippen molar-refractivity contribution < 1.29 is 23.6 Å². The zero-order valence-electron chi connectivity index (χ0n) is 10.6. The molecule has 1 heterocycles. The van der Waals surface area contributed by atoms with E-state index in [4.69, 9.17) is 14.0 Å². The molecule has 7 heteroatoms. The van der Waals surface area contributed by atoms with Crippen LogP contribution in [0, 0.1) is 13.8 Å². The topological polar surface area (TPSA) is 90.7 Å². The van der Waals surface area contributed by atoms with Crippen LogP contribution in [-0.2, 0) is 14.3 Å². The molecule has 0 aliphatic rings. The Balaban J connectivity index is 2.40. The molecule has 0 saturated heterocycles. The van der Waals surface area contributed by atoms with Gasteiger partial charge in [0.1, 0.15) is 11.3 Å². The minimum Gasteiger partial charge on any atom is -0.452 e. The van der Waals surface area contributed by atoms with Gasteiger partial charge in [-0.15, -0.1) is 0 Å². The molecule has 0 spiro atoms. The number of ether oxygens (including phenoxy) is 2. The van der Waals surface area contributed by atoms with Gasteiger partial charge < -0.3 is 19.3 Å². The summed E-state index contributed by atoms with van der Waals surface area (Å²) in [6.45, 7) is 3.68. The molecular formula is C11H16N2O5. The SMILES string of the molecule is COCCNC(=O)COC(=O)c1c(C)noc1C. The smallest absolute Gasteiger partial charge is 0.344 e. The lowest BCUT2D eigenvalue weighted by atomic mass is 10.2. The fourth-order valence-corrected chi connectivity index (χ4v) is 1.32. The van der Waals surface area contributed by atoms with E-state index in [9.17, 15) is 9.59 Å². The second kappa shape index (κ2) is 6.75. The van der Waals surface area contributed by atoms with E-state index in [-0.39, 0.29) is 18.1 Å². The number of esters is 1. The Labute approximate surface area is 104 Å². The summed E-state index contributed by atoms with van der Waals surface area (Å²) in [4.78, 5) is 22.9. The average Bonchev–Trinajstić information content (AvgIpc) is 2.66. The van der Waals surface area contributed by atoms with E-state index in [0.29, 0.717) is 24.6 Å². The highest BCUT2D eigenvalue weighted by atomic mass is 16.5. The van der Waals surface area contributed by atoms with Gasteiger partial charge in [0.15, 0.2) is 6.61 Å². The highest BCUT2D eigenvalue weighted by Crippen LogP contribution is 2.13. The van der Waals surface area contributed by atoms with Crippen molar-refractivity contribution in [1.82, 2.24) is 10.5 Å². The lowest BCUT2D eigenvalue weighted by Gasteiger charge is -2.05. The molecule has 0 aliphatic carbocycles. The van der Waals surface area contributed by atoms with Crippen molar-refractivity contribution in [2.24, 2.45) is 0 Å². The maximum Gasteiger partial charge on any atom is 0.344 e. The first-order valence-electron chi connectivity index (χ1n) is 5.42. The molecule has 0 atom stereocenters. The minimum atomic E-state index is -0.617. The summed E-state index contributed by atoms with van der Waals surface area (Å²) in [6.07, 6.45) is 0. The van der Waals surface area contributed by atoms with Crippen LogP contribution in [0.1, 0.15) is 21.8 Å². The molecule has 1 rings (SSSR count). The van der Waals surface area contributed by atoms with Crippen LogP contribution in [0.3, 0.4) is 0 Å². The van der Waals surface area contributed by atoms with E-state index in [2.05, 4.69) is 10.5 Å². The molecule has 0 aliphatic heterocycles. The van der Waals surface area contributed by atoms with Crippen molar-refractivity contribution in [3.05, 3.63) is 17.0 Å². The van der Waals surface area contributed by atoms with Crippen LogP contribution in [0.5, 0.6) is 0 Å². The Morgan fingerprint density at radius 1 is 1.39 bits per heavy atom. The Morgan fingerprint density at radius 3 is 2.67 bits per heavy atom. The predicted octanol–water partition coefficient (Wildman–Crippen LogP) is 0.211. The van der Waals surface area contributed by atoms with E-state index in [1.165, 1.54) is 7.11 Å².